The van der Waals surface area contributed by atoms with Crippen molar-refractivity contribution in [2.24, 2.45) is 5.92 Å². The molecule has 1 aliphatic rings. The molecule has 0 unspecified atom stereocenters. The summed E-state index contributed by atoms with van der Waals surface area (Å²) in [5.41, 5.74) is 4.47. The molecule has 2 aromatic heterocycles. The van der Waals surface area contributed by atoms with E-state index in [2.05, 4.69) is 62.6 Å². The second-order valence-corrected chi connectivity index (χ2v) is 10.1. The maximum absolute atomic E-state index is 4.96. The van der Waals surface area contributed by atoms with E-state index in [1.165, 1.54) is 56.9 Å². The van der Waals surface area contributed by atoms with E-state index in [-0.39, 0.29) is 0 Å². The third kappa shape index (κ3) is 6.07. The van der Waals surface area contributed by atoms with Crippen LogP contribution >= 0.6 is 0 Å². The average molecular weight is 484 g/mol. The molecule has 188 valence electrons. The van der Waals surface area contributed by atoms with Gasteiger partial charge >= 0.3 is 0 Å². The molecule has 0 aliphatic heterocycles. The number of benzene rings is 2. The SMILES string of the molecule is CCCCc1nc(CCCC2CCCCC2)n(Cc2ccc(-c3ccccc3-c3nnn[nH]3)cc2)n1. The molecule has 0 bridgehead atoms. The number of aromatic nitrogens is 7. The smallest absolute Gasteiger partial charge is 0.180 e. The van der Waals surface area contributed by atoms with Gasteiger partial charge in [-0.3, -0.25) is 0 Å². The Morgan fingerprint density at radius 1 is 0.917 bits per heavy atom. The molecule has 0 radical (unpaired) electrons. The Bertz CT molecular complexity index is 1200. The van der Waals surface area contributed by atoms with Crippen LogP contribution in [0.3, 0.4) is 0 Å². The van der Waals surface area contributed by atoms with Gasteiger partial charge in [-0.25, -0.2) is 14.8 Å². The maximum atomic E-state index is 4.96. The Balaban J connectivity index is 1.29. The molecule has 0 saturated heterocycles. The molecule has 36 heavy (non-hydrogen) atoms. The first-order valence-corrected chi connectivity index (χ1v) is 13.6. The molecule has 0 spiro atoms. The summed E-state index contributed by atoms with van der Waals surface area (Å²) in [4.78, 5) is 4.96. The first kappa shape index (κ1) is 24.3. The minimum absolute atomic E-state index is 0.676. The standard InChI is InChI=1S/C29H37N7/c1-2-3-15-27-30-28(16-9-12-22-10-5-4-6-11-22)36(33-27)21-23-17-19-24(20-18-23)25-13-7-8-14-26(25)29-31-34-35-32-29/h7-8,13-14,17-20,22H,2-6,9-12,15-16,21H2,1H3,(H,31,32,34,35). The normalized spacial score (nSPS) is 14.4. The van der Waals surface area contributed by atoms with Crippen LogP contribution in [0, 0.1) is 5.92 Å². The van der Waals surface area contributed by atoms with Gasteiger partial charge in [-0.2, -0.15) is 5.10 Å². The number of nitrogens with one attached hydrogen (secondary N) is 1. The molecular weight excluding hydrogens is 446 g/mol. The molecule has 7 heteroatoms. The summed E-state index contributed by atoms with van der Waals surface area (Å²) < 4.78 is 2.15. The van der Waals surface area contributed by atoms with E-state index in [0.29, 0.717) is 5.82 Å². The molecule has 1 aliphatic carbocycles. The van der Waals surface area contributed by atoms with Crippen LogP contribution in [0.25, 0.3) is 22.5 Å². The molecular formula is C29H37N7. The van der Waals surface area contributed by atoms with Crippen molar-refractivity contribution in [2.45, 2.75) is 84.1 Å². The van der Waals surface area contributed by atoms with Gasteiger partial charge in [0.2, 0.25) is 0 Å². The number of hydrogen-bond acceptors (Lipinski definition) is 5. The van der Waals surface area contributed by atoms with Gasteiger partial charge in [-0.05, 0) is 45.9 Å². The maximum Gasteiger partial charge on any atom is 0.180 e. The lowest BCUT2D eigenvalue weighted by atomic mass is 9.86. The molecule has 1 N–H and O–H groups in total. The van der Waals surface area contributed by atoms with Crippen LogP contribution in [0.1, 0.15) is 81.9 Å². The minimum Gasteiger partial charge on any atom is -0.245 e. The Hall–Kier alpha value is -3.35. The molecule has 7 nitrogen and oxygen atoms in total. The zero-order chi connectivity index (χ0) is 24.6. The zero-order valence-electron chi connectivity index (χ0n) is 21.4. The van der Waals surface area contributed by atoms with Crippen molar-refractivity contribution in [3.05, 3.63) is 65.7 Å². The predicted molar refractivity (Wildman–Crippen MR) is 142 cm³/mol. The van der Waals surface area contributed by atoms with E-state index in [1.54, 1.807) is 0 Å². The third-order valence-corrected chi connectivity index (χ3v) is 7.41. The predicted octanol–water partition coefficient (Wildman–Crippen LogP) is 6.42. The summed E-state index contributed by atoms with van der Waals surface area (Å²) >= 11 is 0. The molecule has 1 saturated carbocycles. The first-order chi connectivity index (χ1) is 17.8. The summed E-state index contributed by atoms with van der Waals surface area (Å²) in [7, 11) is 0. The van der Waals surface area contributed by atoms with Crippen molar-refractivity contribution in [1.82, 2.24) is 35.4 Å². The van der Waals surface area contributed by atoms with Crippen molar-refractivity contribution in [1.29, 1.82) is 0 Å². The van der Waals surface area contributed by atoms with Gasteiger partial charge < -0.3 is 0 Å². The van der Waals surface area contributed by atoms with Gasteiger partial charge in [0.05, 0.1) is 6.54 Å². The van der Waals surface area contributed by atoms with Crippen molar-refractivity contribution in [2.75, 3.05) is 0 Å². The second-order valence-electron chi connectivity index (χ2n) is 10.1. The second kappa shape index (κ2) is 12.1. The van der Waals surface area contributed by atoms with Crippen molar-refractivity contribution in [3.8, 4) is 22.5 Å². The number of tetrazole rings is 1. The highest BCUT2D eigenvalue weighted by molar-refractivity contribution is 5.80. The molecule has 2 heterocycles. The number of H-pyrrole nitrogens is 1. The molecule has 0 atom stereocenters. The minimum atomic E-state index is 0.676. The zero-order valence-corrected chi connectivity index (χ0v) is 21.4. The van der Waals surface area contributed by atoms with Crippen LogP contribution in [0.5, 0.6) is 0 Å². The third-order valence-electron chi connectivity index (χ3n) is 7.41. The van der Waals surface area contributed by atoms with Crippen molar-refractivity contribution < 1.29 is 0 Å². The fourth-order valence-electron chi connectivity index (χ4n) is 5.38. The van der Waals surface area contributed by atoms with Gasteiger partial charge in [0, 0.05) is 18.4 Å². The number of nitrogens with zero attached hydrogens (tertiary/aromatic N) is 6. The lowest BCUT2D eigenvalue weighted by molar-refractivity contribution is 0.331. The lowest BCUT2D eigenvalue weighted by Crippen LogP contribution is -2.09. The topological polar surface area (TPSA) is 85.2 Å². The highest BCUT2D eigenvalue weighted by Crippen LogP contribution is 2.30. The van der Waals surface area contributed by atoms with E-state index < -0.39 is 0 Å². The average Bonchev–Trinajstić information content (AvgIpc) is 3.59. The van der Waals surface area contributed by atoms with Gasteiger partial charge in [0.15, 0.2) is 11.6 Å². The van der Waals surface area contributed by atoms with E-state index >= 15 is 0 Å². The Labute approximate surface area is 213 Å². The van der Waals surface area contributed by atoms with Crippen molar-refractivity contribution in [3.63, 3.8) is 0 Å². The Kier molecular flexibility index (Phi) is 8.16. The number of rotatable bonds is 11. The Morgan fingerprint density at radius 3 is 2.47 bits per heavy atom. The fraction of sp³-hybridized carbons (Fsp3) is 0.483. The van der Waals surface area contributed by atoms with Crippen LogP contribution < -0.4 is 0 Å². The lowest BCUT2D eigenvalue weighted by Gasteiger charge is -2.21. The highest BCUT2D eigenvalue weighted by Gasteiger charge is 2.16. The first-order valence-electron chi connectivity index (χ1n) is 13.6. The van der Waals surface area contributed by atoms with Gasteiger partial charge in [0.1, 0.15) is 5.82 Å². The van der Waals surface area contributed by atoms with Gasteiger partial charge in [-0.1, -0.05) is 100 Å². The number of aryl methyl sites for hydroxylation is 2. The van der Waals surface area contributed by atoms with Gasteiger partial charge in [-0.15, -0.1) is 5.10 Å². The Morgan fingerprint density at radius 2 is 1.72 bits per heavy atom. The summed E-state index contributed by atoms with van der Waals surface area (Å²) in [6, 6.07) is 16.9. The van der Waals surface area contributed by atoms with E-state index in [1.807, 2.05) is 18.2 Å². The quantitative estimate of drug-likeness (QED) is 0.266. The summed E-state index contributed by atoms with van der Waals surface area (Å²) in [5.74, 6) is 3.73. The van der Waals surface area contributed by atoms with Crippen LogP contribution in [-0.4, -0.2) is 35.4 Å². The van der Waals surface area contributed by atoms with Crippen LogP contribution in [0.2, 0.25) is 0 Å². The number of unbranched alkanes of at least 4 members (excludes halogenated alkanes) is 1. The van der Waals surface area contributed by atoms with Crippen LogP contribution in [0.4, 0.5) is 0 Å². The van der Waals surface area contributed by atoms with E-state index in [4.69, 9.17) is 10.1 Å². The van der Waals surface area contributed by atoms with Crippen LogP contribution in [-0.2, 0) is 19.4 Å². The summed E-state index contributed by atoms with van der Waals surface area (Å²) in [6.45, 7) is 2.98. The molecule has 4 aromatic rings. The molecule has 0 amide bonds. The van der Waals surface area contributed by atoms with E-state index in [9.17, 15) is 0 Å². The fourth-order valence-corrected chi connectivity index (χ4v) is 5.38. The molecule has 5 rings (SSSR count). The summed E-state index contributed by atoms with van der Waals surface area (Å²) in [5, 5.41) is 19.4. The largest absolute Gasteiger partial charge is 0.245 e. The van der Waals surface area contributed by atoms with Crippen molar-refractivity contribution >= 4 is 0 Å². The highest BCUT2D eigenvalue weighted by atomic mass is 15.5. The van der Waals surface area contributed by atoms with Gasteiger partial charge in [0.25, 0.3) is 0 Å². The monoisotopic (exact) mass is 483 g/mol. The number of hydrogen-bond donors (Lipinski definition) is 1. The van der Waals surface area contributed by atoms with Crippen LogP contribution in [0.15, 0.2) is 48.5 Å². The number of aromatic amines is 1. The summed E-state index contributed by atoms with van der Waals surface area (Å²) in [6.07, 6.45) is 13.9. The molecule has 1 fully saturated rings. The molecule has 2 aromatic carbocycles. The van der Waals surface area contributed by atoms with E-state index in [0.717, 1.165) is 60.1 Å².